The fourth-order valence-corrected chi connectivity index (χ4v) is 4.98. The lowest BCUT2D eigenvalue weighted by Crippen LogP contribution is -2.55. The molecule has 4 N–H and O–H groups in total. The summed E-state index contributed by atoms with van der Waals surface area (Å²) in [5, 5.41) is 41.5. The highest BCUT2D eigenvalue weighted by Crippen LogP contribution is 2.40. The van der Waals surface area contributed by atoms with E-state index in [1.54, 1.807) is 30.5 Å². The van der Waals surface area contributed by atoms with Crippen molar-refractivity contribution in [3.63, 3.8) is 0 Å². The predicted octanol–water partition coefficient (Wildman–Crippen LogP) is 2.72. The van der Waals surface area contributed by atoms with Crippen molar-refractivity contribution in [1.82, 2.24) is 4.98 Å². The number of hydrogen-bond acceptors (Lipinski definition) is 8. The average Bonchev–Trinajstić information content (AvgIpc) is 3.28. The molecule has 0 saturated carbocycles. The predicted molar refractivity (Wildman–Crippen MR) is 121 cm³/mol. The van der Waals surface area contributed by atoms with E-state index >= 15 is 0 Å². The van der Waals surface area contributed by atoms with Crippen molar-refractivity contribution in [2.75, 3.05) is 13.7 Å². The normalized spacial score (nSPS) is 25.2. The van der Waals surface area contributed by atoms with Crippen molar-refractivity contribution < 1.29 is 34.3 Å². The largest absolute Gasteiger partial charge is 0.496 e. The van der Waals surface area contributed by atoms with E-state index in [0.29, 0.717) is 28.3 Å². The Labute approximate surface area is 198 Å². The maximum atomic E-state index is 13.2. The van der Waals surface area contributed by atoms with Crippen LogP contribution >= 0.6 is 22.9 Å². The fraction of sp³-hybridized carbons (Fsp3) is 0.348. The zero-order valence-corrected chi connectivity index (χ0v) is 19.1. The monoisotopic (exact) mass is 495 g/mol. The third kappa shape index (κ3) is 4.90. The number of halogens is 2. The van der Waals surface area contributed by atoms with Crippen LogP contribution in [0.3, 0.4) is 0 Å². The van der Waals surface area contributed by atoms with Gasteiger partial charge in [-0.1, -0.05) is 23.7 Å². The first-order chi connectivity index (χ1) is 15.8. The van der Waals surface area contributed by atoms with Crippen LogP contribution in [0.4, 0.5) is 4.39 Å². The number of benzene rings is 2. The van der Waals surface area contributed by atoms with Gasteiger partial charge in [-0.15, -0.1) is 11.3 Å². The molecule has 1 saturated heterocycles. The van der Waals surface area contributed by atoms with E-state index in [2.05, 4.69) is 4.98 Å². The molecule has 4 rings (SSSR count). The van der Waals surface area contributed by atoms with Gasteiger partial charge in [0.25, 0.3) is 0 Å². The van der Waals surface area contributed by atoms with Crippen molar-refractivity contribution in [1.29, 1.82) is 0 Å². The smallest absolute Gasteiger partial charge is 0.126 e. The number of thiazole rings is 1. The number of aliphatic hydroxyl groups excluding tert-OH is 4. The zero-order chi connectivity index (χ0) is 23.7. The first-order valence-electron chi connectivity index (χ1n) is 10.2. The van der Waals surface area contributed by atoms with Crippen LogP contribution in [0, 0.1) is 5.82 Å². The molecular weight excluding hydrogens is 473 g/mol. The molecule has 1 aliphatic heterocycles. The van der Waals surface area contributed by atoms with E-state index in [9.17, 15) is 24.8 Å². The summed E-state index contributed by atoms with van der Waals surface area (Å²) in [5.41, 5.74) is 1.96. The lowest BCUT2D eigenvalue weighted by atomic mass is 9.90. The molecular formula is C23H23ClFNO6S. The summed E-state index contributed by atoms with van der Waals surface area (Å²) in [6.07, 6.45) is -4.44. The Morgan fingerprint density at radius 3 is 2.52 bits per heavy atom. The Morgan fingerprint density at radius 1 is 1.12 bits per heavy atom. The molecule has 2 heterocycles. The summed E-state index contributed by atoms with van der Waals surface area (Å²) in [6.45, 7) is -0.532. The molecule has 0 spiro atoms. The van der Waals surface area contributed by atoms with Crippen LogP contribution in [0.15, 0.2) is 42.6 Å². The Kier molecular flexibility index (Phi) is 7.30. The summed E-state index contributed by atoms with van der Waals surface area (Å²) in [5.74, 6) is 0.0217. The van der Waals surface area contributed by atoms with E-state index in [1.165, 1.54) is 30.6 Å². The van der Waals surface area contributed by atoms with Crippen LogP contribution in [0.25, 0.3) is 10.4 Å². The number of aromatic nitrogens is 1. The van der Waals surface area contributed by atoms with Crippen LogP contribution in [-0.4, -0.2) is 63.5 Å². The second-order valence-corrected chi connectivity index (χ2v) is 9.26. The Morgan fingerprint density at radius 2 is 1.85 bits per heavy atom. The van der Waals surface area contributed by atoms with Crippen molar-refractivity contribution in [2.45, 2.75) is 36.9 Å². The summed E-state index contributed by atoms with van der Waals surface area (Å²) in [6, 6.07) is 9.44. The van der Waals surface area contributed by atoms with E-state index in [0.717, 1.165) is 15.4 Å². The molecule has 10 heteroatoms. The highest BCUT2D eigenvalue weighted by molar-refractivity contribution is 7.15. The van der Waals surface area contributed by atoms with E-state index in [-0.39, 0.29) is 5.82 Å². The second kappa shape index (κ2) is 10.0. The first kappa shape index (κ1) is 24.0. The molecule has 0 unspecified atom stereocenters. The van der Waals surface area contributed by atoms with Gasteiger partial charge in [-0.25, -0.2) is 9.37 Å². The fourth-order valence-electron chi connectivity index (χ4n) is 3.81. The third-order valence-electron chi connectivity index (χ3n) is 5.62. The van der Waals surface area contributed by atoms with Gasteiger partial charge in [-0.05, 0) is 35.4 Å². The lowest BCUT2D eigenvalue weighted by molar-refractivity contribution is -0.232. The minimum atomic E-state index is -1.51. The third-order valence-corrected chi connectivity index (χ3v) is 7.02. The maximum absolute atomic E-state index is 13.2. The highest BCUT2D eigenvalue weighted by atomic mass is 35.5. The number of nitrogens with zero attached hydrogens (tertiary/aromatic N) is 1. The van der Waals surface area contributed by atoms with Gasteiger partial charge in [0, 0.05) is 23.2 Å². The first-order valence-corrected chi connectivity index (χ1v) is 11.4. The van der Waals surface area contributed by atoms with Crippen LogP contribution in [0.1, 0.15) is 22.2 Å². The van der Waals surface area contributed by atoms with Gasteiger partial charge in [0.2, 0.25) is 0 Å². The second-order valence-electron chi connectivity index (χ2n) is 7.74. The van der Waals surface area contributed by atoms with Gasteiger partial charge in [-0.2, -0.15) is 0 Å². The Hall–Kier alpha value is -2.11. The van der Waals surface area contributed by atoms with Crippen LogP contribution in [0.5, 0.6) is 5.75 Å². The number of aliphatic hydroxyl groups is 4. The molecule has 7 nitrogen and oxygen atoms in total. The van der Waals surface area contributed by atoms with E-state index < -0.39 is 37.1 Å². The minimum absolute atomic E-state index is 0.311. The van der Waals surface area contributed by atoms with Crippen LogP contribution in [0.2, 0.25) is 5.02 Å². The molecule has 2 aromatic carbocycles. The quantitative estimate of drug-likeness (QED) is 0.416. The number of ether oxygens (including phenoxy) is 2. The Balaban J connectivity index is 1.64. The van der Waals surface area contributed by atoms with Gasteiger partial charge in [0.05, 0.1) is 23.6 Å². The van der Waals surface area contributed by atoms with E-state index in [4.69, 9.17) is 21.1 Å². The summed E-state index contributed by atoms with van der Waals surface area (Å²) in [4.78, 5) is 5.33. The van der Waals surface area contributed by atoms with Crippen molar-refractivity contribution in [3.05, 3.63) is 69.6 Å². The van der Waals surface area contributed by atoms with E-state index in [1.807, 2.05) is 0 Å². The average molecular weight is 496 g/mol. The van der Waals surface area contributed by atoms with Gasteiger partial charge in [0.1, 0.15) is 42.1 Å². The number of hydrogen-bond donors (Lipinski definition) is 4. The van der Waals surface area contributed by atoms with Crippen molar-refractivity contribution >= 4 is 22.9 Å². The van der Waals surface area contributed by atoms with Crippen molar-refractivity contribution in [2.24, 2.45) is 0 Å². The minimum Gasteiger partial charge on any atom is -0.496 e. The molecule has 0 aliphatic carbocycles. The molecule has 1 aliphatic rings. The zero-order valence-electron chi connectivity index (χ0n) is 17.6. The van der Waals surface area contributed by atoms with Gasteiger partial charge < -0.3 is 29.9 Å². The Bertz CT molecular complexity index is 1110. The van der Waals surface area contributed by atoms with Crippen LogP contribution in [-0.2, 0) is 11.2 Å². The SMILES string of the molecule is COc1cc(Cl)c(Cc2ncc(-c3ccc(F)cc3)s2)cc1[C@@H]1O[C@H](CO)[C@@H](O)[C@H](O)[C@H]1O. The summed E-state index contributed by atoms with van der Waals surface area (Å²) < 4.78 is 24.3. The summed E-state index contributed by atoms with van der Waals surface area (Å²) in [7, 11) is 1.44. The van der Waals surface area contributed by atoms with Gasteiger partial charge >= 0.3 is 0 Å². The maximum Gasteiger partial charge on any atom is 0.126 e. The molecule has 3 aromatic rings. The molecule has 176 valence electrons. The molecule has 0 radical (unpaired) electrons. The summed E-state index contributed by atoms with van der Waals surface area (Å²) >= 11 is 7.92. The molecule has 1 aromatic heterocycles. The topological polar surface area (TPSA) is 112 Å². The lowest BCUT2D eigenvalue weighted by Gasteiger charge is -2.40. The number of rotatable bonds is 6. The standard InChI is InChI=1S/C23H23ClFNO6S/c1-31-16-8-15(24)12(6-14(16)23-22(30)21(29)20(28)17(10-27)32-23)7-19-26-9-18(33-19)11-2-4-13(25)5-3-11/h2-6,8-9,17,20-23,27-30H,7,10H2,1H3/t17-,20-,21+,22-,23+/m1/s1. The van der Waals surface area contributed by atoms with Gasteiger partial charge in [-0.3, -0.25) is 0 Å². The highest BCUT2D eigenvalue weighted by Gasteiger charge is 2.45. The molecule has 33 heavy (non-hydrogen) atoms. The molecule has 0 amide bonds. The number of methoxy groups -OCH3 is 1. The molecule has 5 atom stereocenters. The van der Waals surface area contributed by atoms with Crippen molar-refractivity contribution in [3.8, 4) is 16.2 Å². The van der Waals surface area contributed by atoms with Crippen LogP contribution < -0.4 is 4.74 Å². The molecule has 0 bridgehead atoms. The van der Waals surface area contributed by atoms with Gasteiger partial charge in [0.15, 0.2) is 0 Å². The molecule has 1 fully saturated rings.